The molecular formula is C88H67N3O2. The van der Waals surface area contributed by atoms with Gasteiger partial charge in [-0.2, -0.15) is 0 Å². The van der Waals surface area contributed by atoms with Crippen LogP contribution in [0, 0.1) is 0 Å². The van der Waals surface area contributed by atoms with Gasteiger partial charge in [0.05, 0.1) is 11.0 Å². The summed E-state index contributed by atoms with van der Waals surface area (Å²) >= 11 is 0. The molecule has 0 aliphatic heterocycles. The molecule has 0 fully saturated rings. The first-order valence-electron chi connectivity index (χ1n) is 32.6. The van der Waals surface area contributed by atoms with Crippen molar-refractivity contribution in [3.05, 3.63) is 312 Å². The van der Waals surface area contributed by atoms with Gasteiger partial charge in [-0.15, -0.1) is 0 Å². The third-order valence-electron chi connectivity index (χ3n) is 21.0. The Balaban J connectivity index is 0.842. The molecular weight excluding hydrogens is 1130 g/mol. The number of fused-ring (bicyclic) bond motifs is 20. The minimum Gasteiger partial charge on any atom is -0.455 e. The summed E-state index contributed by atoms with van der Waals surface area (Å²) in [7, 11) is 0. The zero-order valence-corrected chi connectivity index (χ0v) is 53.3. The molecule has 0 saturated heterocycles. The van der Waals surface area contributed by atoms with E-state index in [-0.39, 0.29) is 5.41 Å². The van der Waals surface area contributed by atoms with Gasteiger partial charge in [0.25, 0.3) is 0 Å². The Morgan fingerprint density at radius 1 is 0.387 bits per heavy atom. The van der Waals surface area contributed by atoms with Crippen molar-refractivity contribution in [2.24, 2.45) is 0 Å². The Hall–Kier alpha value is -11.1. The molecule has 5 heteroatoms. The van der Waals surface area contributed by atoms with Gasteiger partial charge < -0.3 is 23.2 Å². The van der Waals surface area contributed by atoms with Gasteiger partial charge in [0.2, 0.25) is 0 Å². The number of aromatic nitrogens is 1. The summed E-state index contributed by atoms with van der Waals surface area (Å²) in [5.41, 5.74) is 29.8. The van der Waals surface area contributed by atoms with Crippen LogP contribution in [0.15, 0.2) is 288 Å². The topological polar surface area (TPSA) is 37.7 Å². The molecule has 12 aromatic carbocycles. The highest BCUT2D eigenvalue weighted by atomic mass is 16.3. The lowest BCUT2D eigenvalue weighted by molar-refractivity contribution is 0.598. The van der Waals surface area contributed by atoms with E-state index in [0.29, 0.717) is 0 Å². The molecule has 15 aromatic rings. The molecule has 3 heterocycles. The van der Waals surface area contributed by atoms with Gasteiger partial charge in [0.15, 0.2) is 0 Å². The molecule has 0 atom stereocenters. The SMILES string of the molecule is C=C/C=C1\C(=C/C)C(C)(C)c2c3c(c4c(oc5ccccc54)c21)-c1ccc(N(c2ccc(N(c4ccccc4)c4ccccc4)cc2)c2ccc4c(c2)C(C)(C)c2cc(-c5ccc6c7ccccc7n(-c7ccccc7)c6c5)c5oc6ccccc6c5c2-4)cc1C3(C)C. The second kappa shape index (κ2) is 19.9. The van der Waals surface area contributed by atoms with Crippen molar-refractivity contribution in [2.45, 2.75) is 64.7 Å². The van der Waals surface area contributed by atoms with Crippen molar-refractivity contribution in [2.75, 3.05) is 9.80 Å². The van der Waals surface area contributed by atoms with Crippen LogP contribution in [0.5, 0.6) is 0 Å². The van der Waals surface area contributed by atoms with Gasteiger partial charge in [-0.05, 0) is 189 Å². The van der Waals surface area contributed by atoms with Crippen molar-refractivity contribution >= 4 is 105 Å². The Labute approximate surface area is 541 Å². The van der Waals surface area contributed by atoms with Gasteiger partial charge in [-0.3, -0.25) is 0 Å². The van der Waals surface area contributed by atoms with E-state index in [9.17, 15) is 0 Å². The van der Waals surface area contributed by atoms with Gasteiger partial charge >= 0.3 is 0 Å². The Morgan fingerprint density at radius 3 is 1.48 bits per heavy atom. The highest BCUT2D eigenvalue weighted by molar-refractivity contribution is 6.22. The molecule has 0 bridgehead atoms. The molecule has 3 aliphatic carbocycles. The lowest BCUT2D eigenvalue weighted by Crippen LogP contribution is -2.24. The first-order valence-corrected chi connectivity index (χ1v) is 32.6. The molecule has 0 saturated carbocycles. The van der Waals surface area contributed by atoms with E-state index in [1.807, 2.05) is 6.08 Å². The maximum Gasteiger partial charge on any atom is 0.144 e. The summed E-state index contributed by atoms with van der Waals surface area (Å²) in [6, 6.07) is 91.1. The predicted octanol–water partition coefficient (Wildman–Crippen LogP) is 24.6. The number of para-hydroxylation sites is 6. The quantitative estimate of drug-likeness (QED) is 0.144. The molecule has 446 valence electrons. The van der Waals surface area contributed by atoms with Crippen LogP contribution in [0.4, 0.5) is 34.1 Å². The zero-order chi connectivity index (χ0) is 62.8. The Bertz CT molecular complexity index is 5690. The van der Waals surface area contributed by atoms with Crippen LogP contribution >= 0.6 is 0 Å². The molecule has 3 aliphatic rings. The number of hydrogen-bond acceptors (Lipinski definition) is 4. The second-order valence-electron chi connectivity index (χ2n) is 27.1. The average Bonchev–Trinajstić information content (AvgIpc) is 1.51. The van der Waals surface area contributed by atoms with Crippen LogP contribution in [0.2, 0.25) is 0 Å². The maximum atomic E-state index is 7.14. The third-order valence-corrected chi connectivity index (χ3v) is 21.0. The lowest BCUT2D eigenvalue weighted by Gasteiger charge is -2.32. The number of benzene rings is 12. The highest BCUT2D eigenvalue weighted by Crippen LogP contribution is 2.64. The van der Waals surface area contributed by atoms with Crippen molar-refractivity contribution in [1.82, 2.24) is 4.57 Å². The minimum absolute atomic E-state index is 0.319. The average molecular weight is 1200 g/mol. The van der Waals surface area contributed by atoms with E-state index in [2.05, 4.69) is 330 Å². The van der Waals surface area contributed by atoms with Crippen LogP contribution in [-0.2, 0) is 16.2 Å². The fourth-order valence-corrected chi connectivity index (χ4v) is 16.9. The summed E-state index contributed by atoms with van der Waals surface area (Å²) in [5.74, 6) is 0. The van der Waals surface area contributed by atoms with E-state index in [1.54, 1.807) is 0 Å². The number of allylic oxidation sites excluding steroid dienone is 5. The summed E-state index contributed by atoms with van der Waals surface area (Å²) in [6.45, 7) is 20.9. The van der Waals surface area contributed by atoms with Gasteiger partial charge in [0, 0.05) is 99.5 Å². The lowest BCUT2D eigenvalue weighted by atomic mass is 9.72. The number of rotatable bonds is 9. The summed E-state index contributed by atoms with van der Waals surface area (Å²) in [6.07, 6.45) is 6.43. The molecule has 0 unspecified atom stereocenters. The van der Waals surface area contributed by atoms with Gasteiger partial charge in [0.1, 0.15) is 22.3 Å². The normalized spacial score (nSPS) is 15.6. The number of hydrogen-bond donors (Lipinski definition) is 0. The smallest absolute Gasteiger partial charge is 0.144 e. The van der Waals surface area contributed by atoms with Gasteiger partial charge in [-0.25, -0.2) is 0 Å². The summed E-state index contributed by atoms with van der Waals surface area (Å²) < 4.78 is 16.6. The number of nitrogens with zero attached hydrogens (tertiary/aromatic N) is 3. The van der Waals surface area contributed by atoms with Crippen molar-refractivity contribution < 1.29 is 8.83 Å². The van der Waals surface area contributed by atoms with Crippen LogP contribution in [0.3, 0.4) is 0 Å². The van der Waals surface area contributed by atoms with Crippen LogP contribution in [0.1, 0.15) is 81.8 Å². The maximum absolute atomic E-state index is 7.14. The fraction of sp³-hybridized carbons (Fsp3) is 0.114. The largest absolute Gasteiger partial charge is 0.455 e. The van der Waals surface area contributed by atoms with E-state index in [4.69, 9.17) is 8.83 Å². The van der Waals surface area contributed by atoms with Crippen molar-refractivity contribution in [1.29, 1.82) is 0 Å². The summed E-state index contributed by atoms with van der Waals surface area (Å²) in [4.78, 5) is 4.83. The standard InChI is InChI=1S/C88H67N3O2/c1-9-26-63-69(10-2)87(5,6)83-81(63)85-80(67-35-22-25-38-76(67)93-85)78-65-48-45-60(51-71(65)88(7,8)82(78)83)90(58-42-40-57(41-43-58)89(54-27-14-11-15-28-54)55-29-16-12-17-30-55)59-44-47-64-70(50-59)86(3,4)72-52-68(84-79(77(64)72)66-34-21-24-37-75(66)92-84)53-39-46-62-61-33-20-23-36-73(61)91(74(62)49-53)56-31-18-13-19-32-56/h9-52H,1H2,2-8H3/b63-26+,69-10+. The van der Waals surface area contributed by atoms with Crippen LogP contribution in [0.25, 0.3) is 110 Å². The minimum atomic E-state index is -0.426. The fourth-order valence-electron chi connectivity index (χ4n) is 16.9. The third kappa shape index (κ3) is 7.68. The zero-order valence-electron chi connectivity index (χ0n) is 53.3. The highest BCUT2D eigenvalue weighted by Gasteiger charge is 2.50. The molecule has 0 amide bonds. The van der Waals surface area contributed by atoms with Crippen LogP contribution < -0.4 is 9.80 Å². The van der Waals surface area contributed by atoms with Crippen LogP contribution in [-0.4, -0.2) is 4.57 Å². The van der Waals surface area contributed by atoms with E-state index in [0.717, 1.165) is 94.9 Å². The van der Waals surface area contributed by atoms with E-state index < -0.39 is 10.8 Å². The Kier molecular flexibility index (Phi) is 11.7. The van der Waals surface area contributed by atoms with E-state index in [1.165, 1.54) is 88.5 Å². The molecule has 3 aromatic heterocycles. The molecule has 93 heavy (non-hydrogen) atoms. The number of furan rings is 2. The summed E-state index contributed by atoms with van der Waals surface area (Å²) in [5, 5.41) is 7.02. The molecule has 0 spiro atoms. The molecule has 5 nitrogen and oxygen atoms in total. The Morgan fingerprint density at radius 2 is 0.871 bits per heavy atom. The van der Waals surface area contributed by atoms with Gasteiger partial charge in [-0.1, -0.05) is 200 Å². The van der Waals surface area contributed by atoms with Crippen molar-refractivity contribution in [3.63, 3.8) is 0 Å². The molecule has 0 N–H and O–H groups in total. The monoisotopic (exact) mass is 1200 g/mol. The number of anilines is 6. The molecule has 18 rings (SSSR count). The first kappa shape index (κ1) is 54.8. The first-order chi connectivity index (χ1) is 45.3. The molecule has 0 radical (unpaired) electrons. The predicted molar refractivity (Wildman–Crippen MR) is 390 cm³/mol. The van der Waals surface area contributed by atoms with Crippen molar-refractivity contribution in [3.8, 4) is 39.1 Å². The second-order valence-corrected chi connectivity index (χ2v) is 27.1. The van der Waals surface area contributed by atoms with E-state index >= 15 is 0 Å².